The van der Waals surface area contributed by atoms with Crippen LogP contribution in [0.2, 0.25) is 0 Å². The van der Waals surface area contributed by atoms with Crippen LogP contribution < -0.4 is 4.90 Å². The molecule has 2 aliphatic carbocycles. The Balaban J connectivity index is 0.979. The Morgan fingerprint density at radius 3 is 1.70 bits per heavy atom. The summed E-state index contributed by atoms with van der Waals surface area (Å²) in [7, 11) is 0. The number of furan rings is 1. The Morgan fingerprint density at radius 2 is 0.924 bits per heavy atom. The van der Waals surface area contributed by atoms with Crippen molar-refractivity contribution in [1.82, 2.24) is 0 Å². The van der Waals surface area contributed by atoms with Gasteiger partial charge in [0, 0.05) is 27.6 Å². The fourth-order valence-electron chi connectivity index (χ4n) is 11.7. The van der Waals surface area contributed by atoms with Crippen LogP contribution in [-0.2, 0) is 10.8 Å². The summed E-state index contributed by atoms with van der Waals surface area (Å²) < 4.78 is 6.31. The van der Waals surface area contributed by atoms with Crippen molar-refractivity contribution in [3.05, 3.63) is 270 Å². The molecule has 1 aromatic heterocycles. The minimum atomic E-state index is -0.438. The highest BCUT2D eigenvalue weighted by Gasteiger charge is 2.46. The summed E-state index contributed by atoms with van der Waals surface area (Å²) in [5.74, 6) is 0. The van der Waals surface area contributed by atoms with Crippen LogP contribution in [0.3, 0.4) is 0 Å². The van der Waals surface area contributed by atoms with Crippen LogP contribution in [0, 0.1) is 0 Å². The van der Waals surface area contributed by atoms with Gasteiger partial charge in [0.25, 0.3) is 0 Å². The van der Waals surface area contributed by atoms with E-state index in [0.29, 0.717) is 0 Å². The molecule has 2 nitrogen and oxygen atoms in total. The van der Waals surface area contributed by atoms with Gasteiger partial charge in [0.1, 0.15) is 11.2 Å². The lowest BCUT2D eigenvalue weighted by Gasteiger charge is -2.34. The van der Waals surface area contributed by atoms with Crippen molar-refractivity contribution in [1.29, 1.82) is 0 Å². The van der Waals surface area contributed by atoms with Gasteiger partial charge in [-0.3, -0.25) is 0 Å². The van der Waals surface area contributed by atoms with Crippen molar-refractivity contribution in [2.75, 3.05) is 4.90 Å². The van der Waals surface area contributed by atoms with Gasteiger partial charge < -0.3 is 9.32 Å². The Morgan fingerprint density at radius 1 is 0.364 bits per heavy atom. The molecule has 0 atom stereocenters. The lowest BCUT2D eigenvalue weighted by molar-refractivity contribution is 0.661. The number of rotatable bonds is 7. The van der Waals surface area contributed by atoms with Crippen LogP contribution in [0.15, 0.2) is 241 Å². The van der Waals surface area contributed by atoms with Crippen LogP contribution in [0.5, 0.6) is 0 Å². The van der Waals surface area contributed by atoms with Crippen LogP contribution >= 0.6 is 0 Å². The zero-order valence-corrected chi connectivity index (χ0v) is 36.9. The largest absolute Gasteiger partial charge is 0.456 e. The summed E-state index contributed by atoms with van der Waals surface area (Å²) in [5, 5.41) is 2.28. The van der Waals surface area contributed by atoms with Gasteiger partial charge in [-0.2, -0.15) is 0 Å². The summed E-state index contributed by atoms with van der Waals surface area (Å²) in [5.41, 5.74) is 22.2. The molecular weight excluding hydrogens is 799 g/mol. The maximum atomic E-state index is 6.31. The van der Waals surface area contributed by atoms with E-state index in [0.717, 1.165) is 44.4 Å². The second-order valence-electron chi connectivity index (χ2n) is 18.4. The Hall–Kier alpha value is -8.20. The second kappa shape index (κ2) is 14.7. The van der Waals surface area contributed by atoms with Gasteiger partial charge >= 0.3 is 0 Å². The van der Waals surface area contributed by atoms with E-state index >= 15 is 0 Å². The van der Waals surface area contributed by atoms with Gasteiger partial charge in [0.05, 0.1) is 11.1 Å². The molecule has 0 radical (unpaired) electrons. The monoisotopic (exact) mass is 843 g/mol. The number of benzene rings is 10. The zero-order valence-electron chi connectivity index (χ0n) is 36.9. The first-order chi connectivity index (χ1) is 32.5. The predicted octanol–water partition coefficient (Wildman–Crippen LogP) is 17.1. The molecule has 0 unspecified atom stereocenters. The first-order valence-electron chi connectivity index (χ1n) is 23.0. The van der Waals surface area contributed by atoms with Crippen molar-refractivity contribution in [3.63, 3.8) is 0 Å². The molecule has 0 saturated heterocycles. The predicted molar refractivity (Wildman–Crippen MR) is 274 cm³/mol. The number of anilines is 3. The maximum Gasteiger partial charge on any atom is 0.136 e. The van der Waals surface area contributed by atoms with Gasteiger partial charge in [-0.25, -0.2) is 0 Å². The van der Waals surface area contributed by atoms with Crippen LogP contribution in [0.4, 0.5) is 17.1 Å². The van der Waals surface area contributed by atoms with Crippen molar-refractivity contribution in [3.8, 4) is 44.5 Å². The van der Waals surface area contributed by atoms with E-state index in [2.05, 4.69) is 249 Å². The molecule has 13 rings (SSSR count). The van der Waals surface area contributed by atoms with E-state index in [4.69, 9.17) is 4.42 Å². The molecule has 0 saturated carbocycles. The first-order valence-corrected chi connectivity index (χ1v) is 23.0. The van der Waals surface area contributed by atoms with E-state index in [-0.39, 0.29) is 5.41 Å². The SMILES string of the molecule is CC1(C)c2ccccc2-c2cccc(N(c3ccc(-c4cccc5oc6ccccc6c45)cc3)c3cccc(-c4ccc5c(c4)-c4ccccc4C5(c4ccccc4)c4ccccc4)c3)c21. The third kappa shape index (κ3) is 5.55. The van der Waals surface area contributed by atoms with Gasteiger partial charge in [0.15, 0.2) is 0 Å². The molecule has 0 spiro atoms. The van der Waals surface area contributed by atoms with Crippen LogP contribution in [0.1, 0.15) is 47.2 Å². The molecule has 312 valence electrons. The van der Waals surface area contributed by atoms with E-state index in [1.54, 1.807) is 0 Å². The molecule has 2 heteroatoms. The highest BCUT2D eigenvalue weighted by molar-refractivity contribution is 6.12. The molecule has 11 aromatic rings. The average Bonchev–Trinajstić information content (AvgIpc) is 3.99. The number of fused-ring (bicyclic) bond motifs is 9. The molecule has 0 bridgehead atoms. The molecular formula is C64H45NO. The lowest BCUT2D eigenvalue weighted by Crippen LogP contribution is -2.28. The summed E-state index contributed by atoms with van der Waals surface area (Å²) >= 11 is 0. The normalized spacial score (nSPS) is 13.8. The number of nitrogens with zero attached hydrogens (tertiary/aromatic N) is 1. The zero-order chi connectivity index (χ0) is 44.0. The average molecular weight is 844 g/mol. The quantitative estimate of drug-likeness (QED) is 0.159. The molecule has 0 fully saturated rings. The summed E-state index contributed by atoms with van der Waals surface area (Å²) in [6.07, 6.45) is 0. The Kier molecular flexibility index (Phi) is 8.51. The molecule has 2 aliphatic rings. The molecule has 10 aromatic carbocycles. The molecule has 1 heterocycles. The maximum absolute atomic E-state index is 6.31. The van der Waals surface area contributed by atoms with Gasteiger partial charge in [0.2, 0.25) is 0 Å². The third-order valence-electron chi connectivity index (χ3n) is 14.5. The summed E-state index contributed by atoms with van der Waals surface area (Å²) in [6.45, 7) is 4.75. The molecule has 66 heavy (non-hydrogen) atoms. The molecule has 0 aliphatic heterocycles. The van der Waals surface area contributed by atoms with E-state index in [9.17, 15) is 0 Å². The lowest BCUT2D eigenvalue weighted by atomic mass is 9.67. The first kappa shape index (κ1) is 38.3. The summed E-state index contributed by atoms with van der Waals surface area (Å²) in [4.78, 5) is 2.48. The van der Waals surface area contributed by atoms with Crippen molar-refractivity contribution < 1.29 is 4.42 Å². The van der Waals surface area contributed by atoms with Crippen molar-refractivity contribution in [2.24, 2.45) is 0 Å². The third-order valence-corrected chi connectivity index (χ3v) is 14.5. The second-order valence-corrected chi connectivity index (χ2v) is 18.4. The Labute approximate surface area is 385 Å². The van der Waals surface area contributed by atoms with Crippen molar-refractivity contribution in [2.45, 2.75) is 24.7 Å². The molecule has 0 N–H and O–H groups in total. The standard InChI is InChI=1S/C64H45NO/c1-63(2)55-29-12-9-24-50(55)52-28-16-31-58(62(52)63)65(47-37-34-42(35-38-47)49-27-17-33-60-61(49)53-26-11-14-32-59(53)66-60)48-23-15-18-43(40-48)44-36-39-57-54(41-44)51-25-10-13-30-56(51)64(57,45-19-5-3-6-20-45)46-21-7-4-8-22-46/h3-41H,1-2H3. The molecule has 0 amide bonds. The van der Waals surface area contributed by atoms with E-state index in [1.165, 1.54) is 72.4 Å². The number of hydrogen-bond acceptors (Lipinski definition) is 2. The smallest absolute Gasteiger partial charge is 0.136 e. The van der Waals surface area contributed by atoms with E-state index in [1.807, 2.05) is 6.07 Å². The van der Waals surface area contributed by atoms with Crippen molar-refractivity contribution >= 4 is 39.0 Å². The number of hydrogen-bond donors (Lipinski definition) is 0. The topological polar surface area (TPSA) is 16.4 Å². The fourth-order valence-corrected chi connectivity index (χ4v) is 11.7. The van der Waals surface area contributed by atoms with Gasteiger partial charge in [-0.1, -0.05) is 202 Å². The fraction of sp³-hybridized carbons (Fsp3) is 0.0625. The van der Waals surface area contributed by atoms with Gasteiger partial charge in [-0.05, 0) is 126 Å². The Bertz CT molecular complexity index is 3630. The highest BCUT2D eigenvalue weighted by Crippen LogP contribution is 2.58. The minimum absolute atomic E-state index is 0.215. The number of para-hydroxylation sites is 1. The highest BCUT2D eigenvalue weighted by atomic mass is 16.3. The van der Waals surface area contributed by atoms with Crippen LogP contribution in [-0.4, -0.2) is 0 Å². The van der Waals surface area contributed by atoms with Crippen LogP contribution in [0.25, 0.3) is 66.4 Å². The summed E-state index contributed by atoms with van der Waals surface area (Å²) in [6, 6.07) is 87.0. The van der Waals surface area contributed by atoms with E-state index < -0.39 is 5.41 Å². The van der Waals surface area contributed by atoms with Gasteiger partial charge in [-0.15, -0.1) is 0 Å². The minimum Gasteiger partial charge on any atom is -0.456 e.